The number of hydrogen-bond donors (Lipinski definition) is 2. The number of aliphatic carboxylic acids is 1. The van der Waals surface area contributed by atoms with Crippen LogP contribution in [0.25, 0.3) is 0 Å². The van der Waals surface area contributed by atoms with Crippen LogP contribution in [0.1, 0.15) is 37.3 Å². The molecule has 17 heavy (non-hydrogen) atoms. The van der Waals surface area contributed by atoms with Gasteiger partial charge in [-0.25, -0.2) is 4.79 Å². The molecule has 94 valence electrons. The molecule has 0 radical (unpaired) electrons. The zero-order valence-corrected chi connectivity index (χ0v) is 10.1. The predicted octanol–water partition coefficient (Wildman–Crippen LogP) is 0.607. The first-order valence-electron chi connectivity index (χ1n) is 5.06. The number of aromatic nitrogens is 2. The van der Waals surface area contributed by atoms with E-state index in [2.05, 4.69) is 20.0 Å². The standard InChI is InChI=1S/C10H15N3O4/c1-5-11-7(13-17-5)8(14)12-6(9(15)16)10(2,3)4/h6H,1-4H3,(H,12,14)(H,15,16). The summed E-state index contributed by atoms with van der Waals surface area (Å²) in [6.45, 7) is 6.69. The molecule has 0 spiro atoms. The number of amides is 1. The van der Waals surface area contributed by atoms with Gasteiger partial charge in [0.05, 0.1) is 0 Å². The molecule has 2 N–H and O–H groups in total. The molecule has 0 bridgehead atoms. The Morgan fingerprint density at radius 3 is 2.35 bits per heavy atom. The molecule has 7 nitrogen and oxygen atoms in total. The van der Waals surface area contributed by atoms with E-state index >= 15 is 0 Å². The lowest BCUT2D eigenvalue weighted by atomic mass is 9.87. The zero-order chi connectivity index (χ0) is 13.2. The average Bonchev–Trinajstić information content (AvgIpc) is 2.58. The molecule has 1 heterocycles. The lowest BCUT2D eigenvalue weighted by Crippen LogP contribution is -2.49. The molecule has 1 aromatic heterocycles. The molecule has 7 heteroatoms. The van der Waals surface area contributed by atoms with Gasteiger partial charge in [-0.05, 0) is 5.41 Å². The van der Waals surface area contributed by atoms with Crippen molar-refractivity contribution in [3.8, 4) is 0 Å². The van der Waals surface area contributed by atoms with Gasteiger partial charge in [0.1, 0.15) is 6.04 Å². The van der Waals surface area contributed by atoms with Crippen molar-refractivity contribution in [1.29, 1.82) is 0 Å². The molecule has 1 rings (SSSR count). The van der Waals surface area contributed by atoms with Crippen molar-refractivity contribution >= 4 is 11.9 Å². The van der Waals surface area contributed by atoms with Crippen LogP contribution in [0.2, 0.25) is 0 Å². The molecule has 0 saturated heterocycles. The van der Waals surface area contributed by atoms with E-state index in [1.807, 2.05) is 0 Å². The Labute approximate surface area is 98.2 Å². The summed E-state index contributed by atoms with van der Waals surface area (Å²) in [6, 6.07) is -1.02. The minimum absolute atomic E-state index is 0.169. The van der Waals surface area contributed by atoms with Crippen LogP contribution in [0.15, 0.2) is 4.52 Å². The molecule has 1 aromatic rings. The average molecular weight is 241 g/mol. The molecule has 0 fully saturated rings. The number of carboxylic acids is 1. The summed E-state index contributed by atoms with van der Waals surface area (Å²) in [5.41, 5.74) is -0.611. The quantitative estimate of drug-likeness (QED) is 0.803. The highest BCUT2D eigenvalue weighted by molar-refractivity contribution is 5.93. The van der Waals surface area contributed by atoms with Gasteiger partial charge >= 0.3 is 5.97 Å². The number of hydrogen-bond acceptors (Lipinski definition) is 5. The number of carboxylic acid groups (broad SMARTS) is 1. The molecular formula is C10H15N3O4. The number of aryl methyl sites for hydroxylation is 1. The molecule has 0 saturated carbocycles. The molecule has 1 atom stereocenters. The van der Waals surface area contributed by atoms with Crippen molar-refractivity contribution in [3.63, 3.8) is 0 Å². The Bertz CT molecular complexity index is 433. The Hall–Kier alpha value is -1.92. The maximum absolute atomic E-state index is 11.7. The molecule has 0 aliphatic heterocycles. The zero-order valence-electron chi connectivity index (χ0n) is 10.1. The first-order chi connectivity index (χ1) is 7.71. The molecule has 0 aliphatic rings. The fourth-order valence-corrected chi connectivity index (χ4v) is 1.24. The van der Waals surface area contributed by atoms with Crippen LogP contribution in [0.4, 0.5) is 0 Å². The highest BCUT2D eigenvalue weighted by atomic mass is 16.5. The van der Waals surface area contributed by atoms with Gasteiger partial charge in [0, 0.05) is 6.92 Å². The minimum Gasteiger partial charge on any atom is -0.480 e. The summed E-state index contributed by atoms with van der Waals surface area (Å²) in [6.07, 6.45) is 0. The van der Waals surface area contributed by atoms with Gasteiger partial charge in [-0.2, -0.15) is 4.98 Å². The lowest BCUT2D eigenvalue weighted by molar-refractivity contribution is -0.142. The first kappa shape index (κ1) is 13.1. The Morgan fingerprint density at radius 2 is 2.00 bits per heavy atom. The van der Waals surface area contributed by atoms with Crippen LogP contribution in [-0.4, -0.2) is 33.2 Å². The van der Waals surface area contributed by atoms with E-state index in [1.165, 1.54) is 0 Å². The summed E-state index contributed by atoms with van der Waals surface area (Å²) in [7, 11) is 0. The van der Waals surface area contributed by atoms with Gasteiger partial charge in [-0.1, -0.05) is 25.9 Å². The van der Waals surface area contributed by atoms with Crippen LogP contribution in [-0.2, 0) is 4.79 Å². The Balaban J connectivity index is 2.82. The van der Waals surface area contributed by atoms with Crippen molar-refractivity contribution in [3.05, 3.63) is 11.7 Å². The topological polar surface area (TPSA) is 105 Å². The highest BCUT2D eigenvalue weighted by Crippen LogP contribution is 2.19. The van der Waals surface area contributed by atoms with Crippen molar-refractivity contribution < 1.29 is 19.2 Å². The van der Waals surface area contributed by atoms with Gasteiger partial charge in [0.25, 0.3) is 11.7 Å². The molecule has 0 aromatic carbocycles. The van der Waals surface area contributed by atoms with Crippen LogP contribution in [0.3, 0.4) is 0 Å². The number of carbonyl (C=O) groups excluding carboxylic acids is 1. The van der Waals surface area contributed by atoms with Crippen LogP contribution < -0.4 is 5.32 Å². The second-order valence-corrected chi connectivity index (χ2v) is 4.75. The summed E-state index contributed by atoms with van der Waals surface area (Å²) in [4.78, 5) is 26.4. The number of nitrogens with zero attached hydrogens (tertiary/aromatic N) is 2. The summed E-state index contributed by atoms with van der Waals surface area (Å²) in [5.74, 6) is -1.69. The minimum atomic E-state index is -1.11. The van der Waals surface area contributed by atoms with E-state index in [-0.39, 0.29) is 11.7 Å². The van der Waals surface area contributed by atoms with Crippen LogP contribution in [0, 0.1) is 12.3 Å². The van der Waals surface area contributed by atoms with Gasteiger partial charge < -0.3 is 14.9 Å². The molecule has 1 amide bonds. The largest absolute Gasteiger partial charge is 0.480 e. The lowest BCUT2D eigenvalue weighted by Gasteiger charge is -2.27. The second-order valence-electron chi connectivity index (χ2n) is 4.75. The number of carbonyl (C=O) groups is 2. The van der Waals surface area contributed by atoms with Gasteiger partial charge in [0.15, 0.2) is 0 Å². The van der Waals surface area contributed by atoms with Crippen molar-refractivity contribution in [2.24, 2.45) is 5.41 Å². The fraction of sp³-hybridized carbons (Fsp3) is 0.600. The van der Waals surface area contributed by atoms with Crippen molar-refractivity contribution in [1.82, 2.24) is 15.5 Å². The molecule has 0 aliphatic carbocycles. The van der Waals surface area contributed by atoms with Gasteiger partial charge in [-0.15, -0.1) is 0 Å². The maximum Gasteiger partial charge on any atom is 0.326 e. The second kappa shape index (κ2) is 4.52. The third-order valence-corrected chi connectivity index (χ3v) is 2.12. The third kappa shape index (κ3) is 3.27. The van der Waals surface area contributed by atoms with E-state index in [0.29, 0.717) is 0 Å². The van der Waals surface area contributed by atoms with E-state index in [1.54, 1.807) is 27.7 Å². The van der Waals surface area contributed by atoms with E-state index in [0.717, 1.165) is 0 Å². The van der Waals surface area contributed by atoms with Gasteiger partial charge in [-0.3, -0.25) is 4.79 Å². The van der Waals surface area contributed by atoms with E-state index in [4.69, 9.17) is 5.11 Å². The van der Waals surface area contributed by atoms with Crippen LogP contribution in [0.5, 0.6) is 0 Å². The first-order valence-corrected chi connectivity index (χ1v) is 5.06. The fourth-order valence-electron chi connectivity index (χ4n) is 1.24. The van der Waals surface area contributed by atoms with Gasteiger partial charge in [0.2, 0.25) is 5.89 Å². The molecular weight excluding hydrogens is 226 g/mol. The van der Waals surface area contributed by atoms with E-state index in [9.17, 15) is 9.59 Å². The Morgan fingerprint density at radius 1 is 1.41 bits per heavy atom. The Kier molecular flexibility index (Phi) is 3.50. The maximum atomic E-state index is 11.7. The van der Waals surface area contributed by atoms with Crippen molar-refractivity contribution in [2.75, 3.05) is 0 Å². The monoisotopic (exact) mass is 241 g/mol. The number of rotatable bonds is 3. The SMILES string of the molecule is Cc1nc(C(=O)NC(C(=O)O)C(C)(C)C)no1. The number of nitrogens with one attached hydrogen (secondary N) is 1. The molecule has 1 unspecified atom stereocenters. The van der Waals surface area contributed by atoms with Crippen molar-refractivity contribution in [2.45, 2.75) is 33.7 Å². The van der Waals surface area contributed by atoms with E-state index < -0.39 is 23.3 Å². The smallest absolute Gasteiger partial charge is 0.326 e. The normalized spacial score (nSPS) is 13.2. The summed E-state index contributed by atoms with van der Waals surface area (Å²) in [5, 5.41) is 14.8. The highest BCUT2D eigenvalue weighted by Gasteiger charge is 2.33. The van der Waals surface area contributed by atoms with Crippen LogP contribution >= 0.6 is 0 Å². The summed E-state index contributed by atoms with van der Waals surface area (Å²) >= 11 is 0. The summed E-state index contributed by atoms with van der Waals surface area (Å²) < 4.78 is 4.64. The third-order valence-electron chi connectivity index (χ3n) is 2.12. The predicted molar refractivity (Wildman–Crippen MR) is 57.4 cm³/mol.